The van der Waals surface area contributed by atoms with Crippen molar-refractivity contribution in [3.05, 3.63) is 0 Å². The molecule has 2 aliphatic rings. The van der Waals surface area contributed by atoms with E-state index in [9.17, 15) is 0 Å². The molecule has 2 unspecified atom stereocenters. The fourth-order valence-corrected chi connectivity index (χ4v) is 4.03. The first-order valence-electron chi connectivity index (χ1n) is 7.82. The number of piperidine rings is 1. The Balaban J connectivity index is 1.93. The fraction of sp³-hybridized carbons (Fsp3) is 1.00. The molecule has 17 heavy (non-hydrogen) atoms. The van der Waals surface area contributed by atoms with Gasteiger partial charge in [0, 0.05) is 0 Å². The summed E-state index contributed by atoms with van der Waals surface area (Å²) >= 11 is 0. The van der Waals surface area contributed by atoms with Gasteiger partial charge in [0.15, 0.2) is 0 Å². The molecule has 1 aliphatic carbocycles. The Labute approximate surface area is 107 Å². The van der Waals surface area contributed by atoms with Crippen LogP contribution in [0.2, 0.25) is 0 Å². The van der Waals surface area contributed by atoms with E-state index in [1.807, 2.05) is 0 Å². The Morgan fingerprint density at radius 3 is 2.24 bits per heavy atom. The summed E-state index contributed by atoms with van der Waals surface area (Å²) in [7, 11) is 0. The zero-order valence-electron chi connectivity index (χ0n) is 11.3. The van der Waals surface area contributed by atoms with Crippen molar-refractivity contribution in [2.24, 2.45) is 23.5 Å². The number of nitrogens with one attached hydrogen (secondary N) is 1. The minimum Gasteiger partial charge on any atom is -0.330 e. The molecular formula is C15H30N2. The summed E-state index contributed by atoms with van der Waals surface area (Å²) in [5.74, 6) is 2.80. The van der Waals surface area contributed by atoms with Crippen LogP contribution < -0.4 is 11.1 Å². The van der Waals surface area contributed by atoms with E-state index < -0.39 is 0 Å². The Morgan fingerprint density at radius 2 is 1.65 bits per heavy atom. The summed E-state index contributed by atoms with van der Waals surface area (Å²) in [5, 5.41) is 3.59. The predicted molar refractivity (Wildman–Crippen MR) is 73.9 cm³/mol. The van der Waals surface area contributed by atoms with Crippen LogP contribution in [0.5, 0.6) is 0 Å². The van der Waals surface area contributed by atoms with E-state index in [-0.39, 0.29) is 0 Å². The Hall–Kier alpha value is -0.0800. The van der Waals surface area contributed by atoms with E-state index in [2.05, 4.69) is 5.32 Å². The van der Waals surface area contributed by atoms with Crippen molar-refractivity contribution >= 4 is 0 Å². The molecule has 1 aliphatic heterocycles. The maximum absolute atomic E-state index is 5.86. The van der Waals surface area contributed by atoms with Gasteiger partial charge < -0.3 is 11.1 Å². The first kappa shape index (κ1) is 13.4. The van der Waals surface area contributed by atoms with E-state index in [1.165, 1.54) is 70.9 Å². The van der Waals surface area contributed by atoms with Crippen LogP contribution in [0, 0.1) is 17.8 Å². The van der Waals surface area contributed by atoms with Gasteiger partial charge in [0.1, 0.15) is 0 Å². The molecule has 0 radical (unpaired) electrons. The number of rotatable bonds is 4. The Bertz CT molecular complexity index is 191. The lowest BCUT2D eigenvalue weighted by Crippen LogP contribution is -2.37. The monoisotopic (exact) mass is 238 g/mol. The van der Waals surface area contributed by atoms with Gasteiger partial charge in [-0.05, 0) is 56.7 Å². The summed E-state index contributed by atoms with van der Waals surface area (Å²) in [6.07, 6.45) is 12.9. The largest absolute Gasteiger partial charge is 0.330 e. The third-order valence-electron chi connectivity index (χ3n) is 4.95. The fourth-order valence-electron chi connectivity index (χ4n) is 4.03. The zero-order valence-corrected chi connectivity index (χ0v) is 11.3. The second-order valence-corrected chi connectivity index (χ2v) is 6.10. The standard InChI is InChI=1S/C15H30N2/c16-10-9-15(14-8-5-11-17-12-14)13-6-3-1-2-4-7-13/h13-15,17H,1-12,16H2. The minimum absolute atomic E-state index is 0.887. The summed E-state index contributed by atoms with van der Waals surface area (Å²) < 4.78 is 0. The molecule has 2 nitrogen and oxygen atoms in total. The van der Waals surface area contributed by atoms with E-state index >= 15 is 0 Å². The molecule has 2 rings (SSSR count). The molecule has 0 aromatic carbocycles. The van der Waals surface area contributed by atoms with Gasteiger partial charge >= 0.3 is 0 Å². The lowest BCUT2D eigenvalue weighted by atomic mass is 9.73. The average molecular weight is 238 g/mol. The van der Waals surface area contributed by atoms with Crippen molar-refractivity contribution in [3.8, 4) is 0 Å². The van der Waals surface area contributed by atoms with Gasteiger partial charge in [-0.15, -0.1) is 0 Å². The molecule has 0 aromatic rings. The van der Waals surface area contributed by atoms with Gasteiger partial charge in [-0.25, -0.2) is 0 Å². The first-order valence-corrected chi connectivity index (χ1v) is 7.82. The molecule has 1 saturated carbocycles. The second kappa shape index (κ2) is 7.38. The molecule has 3 N–H and O–H groups in total. The van der Waals surface area contributed by atoms with Crippen LogP contribution in [0.25, 0.3) is 0 Å². The molecular weight excluding hydrogens is 208 g/mol. The zero-order chi connectivity index (χ0) is 11.9. The van der Waals surface area contributed by atoms with Crippen LogP contribution in [-0.2, 0) is 0 Å². The maximum Gasteiger partial charge on any atom is -0.00177 e. The van der Waals surface area contributed by atoms with Crippen molar-refractivity contribution in [1.29, 1.82) is 0 Å². The highest BCUT2D eigenvalue weighted by atomic mass is 14.9. The van der Waals surface area contributed by atoms with Crippen molar-refractivity contribution in [2.45, 2.75) is 57.8 Å². The first-order chi connectivity index (χ1) is 8.42. The Kier molecular flexibility index (Phi) is 5.79. The molecule has 0 aromatic heterocycles. The minimum atomic E-state index is 0.887. The van der Waals surface area contributed by atoms with E-state index in [4.69, 9.17) is 5.73 Å². The lowest BCUT2D eigenvalue weighted by Gasteiger charge is -2.36. The van der Waals surface area contributed by atoms with Gasteiger partial charge in [-0.3, -0.25) is 0 Å². The number of hydrogen-bond acceptors (Lipinski definition) is 2. The van der Waals surface area contributed by atoms with Gasteiger partial charge in [-0.2, -0.15) is 0 Å². The molecule has 0 amide bonds. The summed E-state index contributed by atoms with van der Waals surface area (Å²) in [5.41, 5.74) is 5.86. The Morgan fingerprint density at radius 1 is 0.941 bits per heavy atom. The summed E-state index contributed by atoms with van der Waals surface area (Å²) in [6.45, 7) is 3.37. The van der Waals surface area contributed by atoms with Gasteiger partial charge in [0.25, 0.3) is 0 Å². The topological polar surface area (TPSA) is 38.0 Å². The van der Waals surface area contributed by atoms with E-state index in [0.717, 1.165) is 24.3 Å². The van der Waals surface area contributed by atoms with Crippen LogP contribution >= 0.6 is 0 Å². The molecule has 0 spiro atoms. The van der Waals surface area contributed by atoms with Crippen molar-refractivity contribution in [1.82, 2.24) is 5.32 Å². The van der Waals surface area contributed by atoms with Gasteiger partial charge in [-0.1, -0.05) is 38.5 Å². The second-order valence-electron chi connectivity index (χ2n) is 6.10. The predicted octanol–water partition coefficient (Wildman–Crippen LogP) is 2.92. The summed E-state index contributed by atoms with van der Waals surface area (Å²) in [6, 6.07) is 0. The third-order valence-corrected chi connectivity index (χ3v) is 4.95. The van der Waals surface area contributed by atoms with Crippen molar-refractivity contribution < 1.29 is 0 Å². The van der Waals surface area contributed by atoms with E-state index in [1.54, 1.807) is 0 Å². The molecule has 2 heteroatoms. The van der Waals surface area contributed by atoms with Gasteiger partial charge in [0.05, 0.1) is 0 Å². The van der Waals surface area contributed by atoms with E-state index in [0.29, 0.717) is 0 Å². The normalized spacial score (nSPS) is 29.8. The number of hydrogen-bond donors (Lipinski definition) is 2. The molecule has 1 heterocycles. The average Bonchev–Trinajstić information content (AvgIpc) is 2.66. The highest BCUT2D eigenvalue weighted by Gasteiger charge is 2.30. The maximum atomic E-state index is 5.86. The lowest BCUT2D eigenvalue weighted by molar-refractivity contribution is 0.165. The van der Waals surface area contributed by atoms with Gasteiger partial charge in [0.2, 0.25) is 0 Å². The van der Waals surface area contributed by atoms with Crippen LogP contribution in [-0.4, -0.2) is 19.6 Å². The molecule has 1 saturated heterocycles. The van der Waals surface area contributed by atoms with Crippen LogP contribution in [0.3, 0.4) is 0 Å². The van der Waals surface area contributed by atoms with Crippen LogP contribution in [0.1, 0.15) is 57.8 Å². The third kappa shape index (κ3) is 3.96. The van der Waals surface area contributed by atoms with Crippen molar-refractivity contribution in [2.75, 3.05) is 19.6 Å². The number of nitrogens with two attached hydrogens (primary N) is 1. The molecule has 2 atom stereocenters. The molecule has 0 bridgehead atoms. The SMILES string of the molecule is NCCC(C1CCCCCC1)C1CCCNC1. The van der Waals surface area contributed by atoms with Crippen LogP contribution in [0.15, 0.2) is 0 Å². The smallest absolute Gasteiger partial charge is 0.00177 e. The summed E-state index contributed by atoms with van der Waals surface area (Å²) in [4.78, 5) is 0. The highest BCUT2D eigenvalue weighted by Crippen LogP contribution is 2.37. The van der Waals surface area contributed by atoms with Crippen molar-refractivity contribution in [3.63, 3.8) is 0 Å². The quantitative estimate of drug-likeness (QED) is 0.739. The molecule has 100 valence electrons. The highest BCUT2D eigenvalue weighted by molar-refractivity contribution is 4.82. The van der Waals surface area contributed by atoms with Crippen LogP contribution in [0.4, 0.5) is 0 Å². The molecule has 2 fully saturated rings.